The fraction of sp³-hybridized carbons (Fsp3) is 0.280. The number of piperidine rings is 1. The third-order valence-electron chi connectivity index (χ3n) is 5.52. The van der Waals surface area contributed by atoms with Crippen LogP contribution in [-0.2, 0) is 12.7 Å². The van der Waals surface area contributed by atoms with E-state index >= 15 is 0 Å². The summed E-state index contributed by atoms with van der Waals surface area (Å²) in [5, 5.41) is 2.94. The van der Waals surface area contributed by atoms with Gasteiger partial charge in [-0.05, 0) is 67.5 Å². The first-order valence-corrected chi connectivity index (χ1v) is 11.7. The number of halogens is 3. The highest BCUT2D eigenvalue weighted by molar-refractivity contribution is 7.79. The van der Waals surface area contributed by atoms with Gasteiger partial charge in [-0.15, -0.1) is 0 Å². The molecule has 0 unspecified atom stereocenters. The number of nitrogens with zero attached hydrogens (tertiary/aromatic N) is 1. The molecular formula is C25H25F3NP. The Morgan fingerprint density at radius 1 is 0.733 bits per heavy atom. The molecule has 1 aliphatic heterocycles. The van der Waals surface area contributed by atoms with E-state index in [-0.39, 0.29) is 0 Å². The third kappa shape index (κ3) is 4.94. The molecule has 0 N–H and O–H groups in total. The normalized spacial score (nSPS) is 15.5. The van der Waals surface area contributed by atoms with Crippen LogP contribution in [0, 0.1) is 0 Å². The van der Waals surface area contributed by atoms with Crippen LogP contribution >= 0.6 is 7.92 Å². The predicted octanol–water partition coefficient (Wildman–Crippen LogP) is 5.45. The van der Waals surface area contributed by atoms with Gasteiger partial charge in [0.25, 0.3) is 0 Å². The summed E-state index contributed by atoms with van der Waals surface area (Å²) in [6.45, 7) is 2.72. The molecule has 1 nitrogen and oxygen atoms in total. The van der Waals surface area contributed by atoms with Gasteiger partial charge in [0.15, 0.2) is 0 Å². The second-order valence-electron chi connectivity index (χ2n) is 7.68. The van der Waals surface area contributed by atoms with Crippen LogP contribution in [0.3, 0.4) is 0 Å². The maximum Gasteiger partial charge on any atom is 0.416 e. The van der Waals surface area contributed by atoms with Crippen molar-refractivity contribution in [2.75, 3.05) is 13.1 Å². The Labute approximate surface area is 177 Å². The van der Waals surface area contributed by atoms with E-state index < -0.39 is 19.7 Å². The zero-order valence-electron chi connectivity index (χ0n) is 16.8. The van der Waals surface area contributed by atoms with Gasteiger partial charge in [0.1, 0.15) is 0 Å². The molecule has 5 heteroatoms. The molecule has 1 fully saturated rings. The third-order valence-corrected chi connectivity index (χ3v) is 8.05. The molecule has 0 saturated carbocycles. The van der Waals surface area contributed by atoms with E-state index in [1.54, 1.807) is 6.07 Å². The van der Waals surface area contributed by atoms with Crippen molar-refractivity contribution < 1.29 is 13.2 Å². The summed E-state index contributed by atoms with van der Waals surface area (Å²) in [6.07, 6.45) is -0.811. The molecule has 0 spiro atoms. The van der Waals surface area contributed by atoms with Crippen LogP contribution in [0.4, 0.5) is 13.2 Å². The van der Waals surface area contributed by atoms with Crippen molar-refractivity contribution in [3.05, 3.63) is 90.0 Å². The van der Waals surface area contributed by atoms with Crippen molar-refractivity contribution in [1.29, 1.82) is 0 Å². The highest BCUT2D eigenvalue weighted by Gasteiger charge is 2.32. The van der Waals surface area contributed by atoms with Gasteiger partial charge in [-0.2, -0.15) is 13.2 Å². The Morgan fingerprint density at radius 3 is 1.83 bits per heavy atom. The monoisotopic (exact) mass is 427 g/mol. The highest BCUT2D eigenvalue weighted by Crippen LogP contribution is 2.37. The van der Waals surface area contributed by atoms with Gasteiger partial charge in [-0.1, -0.05) is 73.2 Å². The molecule has 3 aromatic rings. The van der Waals surface area contributed by atoms with Crippen molar-refractivity contribution in [3.8, 4) is 0 Å². The Morgan fingerprint density at radius 2 is 1.30 bits per heavy atom. The van der Waals surface area contributed by atoms with E-state index in [9.17, 15) is 13.2 Å². The summed E-state index contributed by atoms with van der Waals surface area (Å²) in [5.41, 5.74) is 0.433. The molecule has 0 amide bonds. The lowest BCUT2D eigenvalue weighted by Gasteiger charge is -2.29. The molecule has 30 heavy (non-hydrogen) atoms. The van der Waals surface area contributed by atoms with E-state index in [2.05, 4.69) is 4.90 Å². The lowest BCUT2D eigenvalue weighted by molar-refractivity contribution is -0.137. The van der Waals surface area contributed by atoms with Gasteiger partial charge in [0.05, 0.1) is 5.56 Å². The number of rotatable bonds is 5. The summed E-state index contributed by atoms with van der Waals surface area (Å²) in [4.78, 5) is 2.37. The van der Waals surface area contributed by atoms with E-state index in [0.29, 0.717) is 6.54 Å². The van der Waals surface area contributed by atoms with Crippen LogP contribution in [0.1, 0.15) is 30.4 Å². The predicted molar refractivity (Wildman–Crippen MR) is 119 cm³/mol. The Balaban J connectivity index is 1.84. The van der Waals surface area contributed by atoms with Crippen molar-refractivity contribution in [2.24, 2.45) is 0 Å². The summed E-state index contributed by atoms with van der Waals surface area (Å²) < 4.78 is 40.9. The number of likely N-dealkylation sites (tertiary alicyclic amines) is 1. The van der Waals surface area contributed by atoms with Crippen molar-refractivity contribution in [2.45, 2.75) is 32.0 Å². The molecule has 0 atom stereocenters. The molecule has 0 bridgehead atoms. The van der Waals surface area contributed by atoms with Crippen molar-refractivity contribution in [1.82, 2.24) is 4.90 Å². The molecule has 1 saturated heterocycles. The molecule has 0 aliphatic carbocycles. The van der Waals surface area contributed by atoms with Crippen LogP contribution in [0.5, 0.6) is 0 Å². The average molecular weight is 427 g/mol. The number of hydrogen-bond donors (Lipinski definition) is 0. The van der Waals surface area contributed by atoms with E-state index in [4.69, 9.17) is 0 Å². The minimum absolute atomic E-state index is 0.570. The van der Waals surface area contributed by atoms with Gasteiger partial charge in [-0.25, -0.2) is 0 Å². The Hall–Kier alpha value is -2.16. The highest BCUT2D eigenvalue weighted by atomic mass is 31.1. The molecule has 1 heterocycles. The summed E-state index contributed by atoms with van der Waals surface area (Å²) in [6, 6.07) is 24.2. The van der Waals surface area contributed by atoms with Gasteiger partial charge in [0.2, 0.25) is 0 Å². The van der Waals surface area contributed by atoms with Crippen LogP contribution in [-0.4, -0.2) is 18.0 Å². The lowest BCUT2D eigenvalue weighted by atomic mass is 10.1. The van der Waals surface area contributed by atoms with Crippen LogP contribution in [0.25, 0.3) is 0 Å². The number of hydrogen-bond acceptors (Lipinski definition) is 1. The smallest absolute Gasteiger partial charge is 0.299 e. The summed E-state index contributed by atoms with van der Waals surface area (Å²) >= 11 is 0. The fourth-order valence-electron chi connectivity index (χ4n) is 4.02. The van der Waals surface area contributed by atoms with Crippen molar-refractivity contribution >= 4 is 23.8 Å². The molecule has 0 radical (unpaired) electrons. The molecular weight excluding hydrogens is 402 g/mol. The topological polar surface area (TPSA) is 3.24 Å². The van der Waals surface area contributed by atoms with Gasteiger partial charge in [-0.3, -0.25) is 4.90 Å². The first kappa shape index (κ1) is 21.1. The number of benzene rings is 3. The van der Waals surface area contributed by atoms with Crippen LogP contribution < -0.4 is 15.9 Å². The second-order valence-corrected chi connectivity index (χ2v) is 9.87. The van der Waals surface area contributed by atoms with Crippen molar-refractivity contribution in [3.63, 3.8) is 0 Å². The summed E-state index contributed by atoms with van der Waals surface area (Å²) in [5.74, 6) is 0. The Kier molecular flexibility index (Phi) is 6.55. The van der Waals surface area contributed by atoms with Crippen LogP contribution in [0.15, 0.2) is 78.9 Å². The summed E-state index contributed by atoms with van der Waals surface area (Å²) in [7, 11) is -1.08. The van der Waals surface area contributed by atoms with Gasteiger partial charge < -0.3 is 0 Å². The van der Waals surface area contributed by atoms with E-state index in [1.165, 1.54) is 18.6 Å². The average Bonchev–Trinajstić information content (AvgIpc) is 2.76. The molecule has 3 aromatic carbocycles. The zero-order valence-corrected chi connectivity index (χ0v) is 17.7. The minimum Gasteiger partial charge on any atom is -0.299 e. The van der Waals surface area contributed by atoms with E-state index in [0.717, 1.165) is 47.4 Å². The Bertz CT molecular complexity index is 912. The first-order valence-electron chi connectivity index (χ1n) is 10.3. The molecule has 1 aliphatic rings. The van der Waals surface area contributed by atoms with Gasteiger partial charge in [0, 0.05) is 6.54 Å². The maximum atomic E-state index is 13.6. The first-order chi connectivity index (χ1) is 14.5. The minimum atomic E-state index is -4.35. The SMILES string of the molecule is FC(F)(F)c1ccc(CN2CCCCC2)c(P(c2ccccc2)c2ccccc2)c1. The zero-order chi connectivity index (χ0) is 21.0. The second kappa shape index (κ2) is 9.32. The number of alkyl halides is 3. The molecule has 0 aromatic heterocycles. The largest absolute Gasteiger partial charge is 0.416 e. The van der Waals surface area contributed by atoms with Gasteiger partial charge >= 0.3 is 6.18 Å². The van der Waals surface area contributed by atoms with Crippen LogP contribution in [0.2, 0.25) is 0 Å². The standard InChI is InChI=1S/C25H25F3NP/c26-25(27,28)21-15-14-20(19-29-16-8-3-9-17-29)24(18-21)30(22-10-4-1-5-11-22)23-12-6-2-7-13-23/h1-2,4-7,10-15,18H,3,8-9,16-17,19H2. The fourth-order valence-corrected chi connectivity index (χ4v) is 6.52. The maximum absolute atomic E-state index is 13.6. The van der Waals surface area contributed by atoms with E-state index in [1.807, 2.05) is 60.7 Å². The molecule has 4 rings (SSSR count). The molecule has 156 valence electrons. The quantitative estimate of drug-likeness (QED) is 0.490. The lowest BCUT2D eigenvalue weighted by Crippen LogP contribution is -2.32.